The minimum absolute atomic E-state index is 0.138. The monoisotopic (exact) mass is 380 g/mol. The number of aromatic hydroxyl groups is 1. The number of hydrogen-bond acceptors (Lipinski definition) is 6. The van der Waals surface area contributed by atoms with Crippen molar-refractivity contribution in [2.45, 2.75) is 12.5 Å². The van der Waals surface area contributed by atoms with Crippen LogP contribution in [-0.4, -0.2) is 53.4 Å². The molecule has 7 heteroatoms. The maximum Gasteiger partial charge on any atom is 0.262 e. The van der Waals surface area contributed by atoms with Crippen LogP contribution in [0.1, 0.15) is 22.7 Å². The predicted molar refractivity (Wildman–Crippen MR) is 107 cm³/mol. The maximum atomic E-state index is 12.9. The van der Waals surface area contributed by atoms with Crippen LogP contribution in [0, 0.1) is 0 Å². The fourth-order valence-corrected chi connectivity index (χ4v) is 3.17. The summed E-state index contributed by atoms with van der Waals surface area (Å²) >= 11 is 0. The number of phenols is 1. The number of phenolic OH excluding ortho intramolecular Hbond substituents is 1. The SMILES string of the molecule is C=CCc1cccc(/C=N/NC(=O)C(c2ccncc2)N2CCOCC2)c1O. The molecule has 146 valence electrons. The lowest BCUT2D eigenvalue weighted by Crippen LogP contribution is -2.44. The van der Waals surface area contributed by atoms with Crippen LogP contribution in [0.4, 0.5) is 0 Å². The van der Waals surface area contributed by atoms with Gasteiger partial charge in [-0.1, -0.05) is 18.2 Å². The zero-order valence-corrected chi connectivity index (χ0v) is 15.6. The third kappa shape index (κ3) is 4.82. The third-order valence-electron chi connectivity index (χ3n) is 4.57. The van der Waals surface area contributed by atoms with Crippen LogP contribution >= 0.6 is 0 Å². The lowest BCUT2D eigenvalue weighted by atomic mass is 10.1. The Morgan fingerprint density at radius 1 is 1.32 bits per heavy atom. The van der Waals surface area contributed by atoms with E-state index >= 15 is 0 Å². The number of para-hydroxylation sites is 1. The smallest absolute Gasteiger partial charge is 0.262 e. The van der Waals surface area contributed by atoms with Crippen molar-refractivity contribution in [3.05, 3.63) is 72.1 Å². The lowest BCUT2D eigenvalue weighted by molar-refractivity contribution is -0.128. The number of carbonyl (C=O) groups excluding carboxylic acids is 1. The molecule has 1 amide bonds. The van der Waals surface area contributed by atoms with Gasteiger partial charge in [-0.05, 0) is 35.7 Å². The molecule has 0 radical (unpaired) electrons. The van der Waals surface area contributed by atoms with Gasteiger partial charge in [0.2, 0.25) is 0 Å². The van der Waals surface area contributed by atoms with E-state index in [0.717, 1.165) is 11.1 Å². The molecular weight excluding hydrogens is 356 g/mol. The number of hydrogen-bond donors (Lipinski definition) is 2. The van der Waals surface area contributed by atoms with E-state index in [-0.39, 0.29) is 11.7 Å². The Bertz CT molecular complexity index is 833. The van der Waals surface area contributed by atoms with Gasteiger partial charge in [-0.2, -0.15) is 5.10 Å². The van der Waals surface area contributed by atoms with E-state index in [1.54, 1.807) is 24.5 Å². The highest BCUT2D eigenvalue weighted by Crippen LogP contribution is 2.23. The minimum Gasteiger partial charge on any atom is -0.507 e. The molecule has 7 nitrogen and oxygen atoms in total. The topological polar surface area (TPSA) is 87.1 Å². The molecule has 1 aromatic heterocycles. The number of pyridine rings is 1. The Kier molecular flexibility index (Phi) is 6.89. The van der Waals surface area contributed by atoms with Crippen LogP contribution in [0.3, 0.4) is 0 Å². The Balaban J connectivity index is 1.74. The van der Waals surface area contributed by atoms with Gasteiger partial charge in [0.05, 0.1) is 19.4 Å². The lowest BCUT2D eigenvalue weighted by Gasteiger charge is -2.33. The molecule has 1 aliphatic heterocycles. The van der Waals surface area contributed by atoms with Crippen molar-refractivity contribution in [3.63, 3.8) is 0 Å². The first-order valence-corrected chi connectivity index (χ1v) is 9.17. The number of allylic oxidation sites excluding steroid dienone is 1. The highest BCUT2D eigenvalue weighted by Gasteiger charge is 2.28. The fourth-order valence-electron chi connectivity index (χ4n) is 3.17. The second-order valence-corrected chi connectivity index (χ2v) is 6.41. The van der Waals surface area contributed by atoms with Crippen molar-refractivity contribution in [2.24, 2.45) is 5.10 Å². The summed E-state index contributed by atoms with van der Waals surface area (Å²) in [5, 5.41) is 14.4. The van der Waals surface area contributed by atoms with Crippen LogP contribution in [0.15, 0.2) is 60.5 Å². The molecule has 1 saturated heterocycles. The van der Waals surface area contributed by atoms with E-state index in [9.17, 15) is 9.90 Å². The molecule has 2 aromatic rings. The van der Waals surface area contributed by atoms with E-state index in [4.69, 9.17) is 4.74 Å². The van der Waals surface area contributed by atoms with Crippen LogP contribution in [-0.2, 0) is 16.0 Å². The van der Waals surface area contributed by atoms with E-state index in [0.29, 0.717) is 38.3 Å². The molecule has 28 heavy (non-hydrogen) atoms. The molecule has 0 saturated carbocycles. The first kappa shape index (κ1) is 19.7. The number of carbonyl (C=O) groups is 1. The molecule has 3 rings (SSSR count). The number of amides is 1. The van der Waals surface area contributed by atoms with E-state index in [1.807, 2.05) is 24.3 Å². The number of hydrazone groups is 1. The van der Waals surface area contributed by atoms with Gasteiger partial charge in [-0.25, -0.2) is 5.43 Å². The minimum atomic E-state index is -0.482. The van der Waals surface area contributed by atoms with E-state index in [1.165, 1.54) is 6.21 Å². The molecule has 0 bridgehead atoms. The largest absolute Gasteiger partial charge is 0.507 e. The van der Waals surface area contributed by atoms with Crippen LogP contribution in [0.2, 0.25) is 0 Å². The Hall–Kier alpha value is -3.03. The highest BCUT2D eigenvalue weighted by atomic mass is 16.5. The molecule has 1 aliphatic rings. The zero-order chi connectivity index (χ0) is 19.8. The number of morpholine rings is 1. The Morgan fingerprint density at radius 2 is 2.07 bits per heavy atom. The van der Waals surface area contributed by atoms with Gasteiger partial charge in [0.1, 0.15) is 11.8 Å². The fraction of sp³-hybridized carbons (Fsp3) is 0.286. The summed E-state index contributed by atoms with van der Waals surface area (Å²) in [5.74, 6) is -0.106. The number of rotatable bonds is 7. The number of benzene rings is 1. The summed E-state index contributed by atoms with van der Waals surface area (Å²) in [5.41, 5.74) is 4.74. The standard InChI is InChI=1S/C21H24N4O3/c1-2-4-17-5-3-6-18(20(17)26)15-23-24-21(27)19(16-7-9-22-10-8-16)25-11-13-28-14-12-25/h2-3,5-10,15,19,26H,1,4,11-14H2,(H,24,27)/b23-15+. The second kappa shape index (κ2) is 9.77. The molecule has 1 unspecified atom stereocenters. The summed E-state index contributed by atoms with van der Waals surface area (Å²) < 4.78 is 5.40. The molecule has 1 fully saturated rings. The van der Waals surface area contributed by atoms with Crippen molar-refractivity contribution in [3.8, 4) is 5.75 Å². The number of ether oxygens (including phenoxy) is 1. The molecular formula is C21H24N4O3. The average Bonchev–Trinajstić information content (AvgIpc) is 2.73. The third-order valence-corrected chi connectivity index (χ3v) is 4.57. The molecule has 2 heterocycles. The molecule has 1 aromatic carbocycles. The maximum absolute atomic E-state index is 12.9. The summed E-state index contributed by atoms with van der Waals surface area (Å²) in [6.45, 7) is 6.18. The number of aromatic nitrogens is 1. The molecule has 1 atom stereocenters. The number of nitrogens with one attached hydrogen (secondary N) is 1. The normalized spacial score (nSPS) is 16.0. The Morgan fingerprint density at radius 3 is 2.79 bits per heavy atom. The Labute approximate surface area is 164 Å². The molecule has 2 N–H and O–H groups in total. The van der Waals surface area contributed by atoms with Crippen molar-refractivity contribution in [1.82, 2.24) is 15.3 Å². The first-order valence-electron chi connectivity index (χ1n) is 9.17. The average molecular weight is 380 g/mol. The second-order valence-electron chi connectivity index (χ2n) is 6.41. The van der Waals surface area contributed by atoms with Crippen molar-refractivity contribution in [1.29, 1.82) is 0 Å². The van der Waals surface area contributed by atoms with E-state index in [2.05, 4.69) is 27.0 Å². The quantitative estimate of drug-likeness (QED) is 0.436. The molecule has 0 aliphatic carbocycles. The van der Waals surface area contributed by atoms with Gasteiger partial charge in [0.15, 0.2) is 0 Å². The first-order chi connectivity index (χ1) is 13.7. The van der Waals surface area contributed by atoms with Crippen molar-refractivity contribution in [2.75, 3.05) is 26.3 Å². The van der Waals surface area contributed by atoms with E-state index < -0.39 is 6.04 Å². The summed E-state index contributed by atoms with van der Waals surface area (Å²) in [4.78, 5) is 19.0. The van der Waals surface area contributed by atoms with Gasteiger partial charge < -0.3 is 9.84 Å². The van der Waals surface area contributed by atoms with Crippen molar-refractivity contribution >= 4 is 12.1 Å². The predicted octanol–water partition coefficient (Wildman–Crippen LogP) is 2.04. The van der Waals surface area contributed by atoms with Crippen LogP contribution in [0.25, 0.3) is 0 Å². The van der Waals surface area contributed by atoms with Gasteiger partial charge in [-0.15, -0.1) is 6.58 Å². The summed E-state index contributed by atoms with van der Waals surface area (Å²) in [7, 11) is 0. The van der Waals surface area contributed by atoms with Gasteiger partial charge >= 0.3 is 0 Å². The summed E-state index contributed by atoms with van der Waals surface area (Å²) in [6, 6.07) is 8.56. The molecule has 0 spiro atoms. The number of nitrogens with zero attached hydrogens (tertiary/aromatic N) is 3. The van der Waals surface area contributed by atoms with Gasteiger partial charge in [0.25, 0.3) is 5.91 Å². The zero-order valence-electron chi connectivity index (χ0n) is 15.6. The highest BCUT2D eigenvalue weighted by molar-refractivity contribution is 5.87. The van der Waals surface area contributed by atoms with Crippen LogP contribution in [0.5, 0.6) is 5.75 Å². The van der Waals surface area contributed by atoms with Gasteiger partial charge in [-0.3, -0.25) is 14.7 Å². The van der Waals surface area contributed by atoms with Crippen LogP contribution < -0.4 is 5.43 Å². The summed E-state index contributed by atoms with van der Waals surface area (Å²) in [6.07, 6.45) is 7.06. The van der Waals surface area contributed by atoms with Crippen molar-refractivity contribution < 1.29 is 14.6 Å². The van der Waals surface area contributed by atoms with Gasteiger partial charge in [0, 0.05) is 31.0 Å².